The van der Waals surface area contributed by atoms with Crippen LogP contribution in [0.15, 0.2) is 53.7 Å². The molecule has 0 atom stereocenters. The Labute approximate surface area is 188 Å². The third-order valence-corrected chi connectivity index (χ3v) is 5.45. The van der Waals surface area contributed by atoms with Crippen molar-refractivity contribution in [2.75, 3.05) is 18.2 Å². The molecule has 1 N–H and O–H groups in total. The van der Waals surface area contributed by atoms with E-state index in [1.807, 2.05) is 11.5 Å². The Bertz CT molecular complexity index is 1060. The number of carbonyl (C=O) groups is 2. The maximum Gasteiger partial charge on any atom is 0.339 e. The van der Waals surface area contributed by atoms with E-state index in [4.69, 9.17) is 21.1 Å². The molecule has 2 aromatic carbocycles. The average molecular weight is 461 g/mol. The minimum Gasteiger partial charge on any atom is -0.486 e. The number of amides is 1. The number of nitrogens with zero attached hydrogens (tertiary/aromatic N) is 3. The number of para-hydroxylation sites is 1. The molecule has 0 aliphatic heterocycles. The predicted molar refractivity (Wildman–Crippen MR) is 119 cm³/mol. The third-order valence-electron chi connectivity index (χ3n) is 4.23. The van der Waals surface area contributed by atoms with Crippen molar-refractivity contribution in [3.05, 3.63) is 64.9 Å². The van der Waals surface area contributed by atoms with E-state index in [9.17, 15) is 9.59 Å². The highest BCUT2D eigenvalue weighted by molar-refractivity contribution is 7.99. The molecule has 1 aromatic heterocycles. The smallest absolute Gasteiger partial charge is 0.339 e. The fraction of sp³-hybridized carbons (Fsp3) is 0.238. The van der Waals surface area contributed by atoms with E-state index in [2.05, 4.69) is 15.5 Å². The molecule has 0 radical (unpaired) electrons. The van der Waals surface area contributed by atoms with Gasteiger partial charge in [0.25, 0.3) is 0 Å². The molecule has 10 heteroatoms. The van der Waals surface area contributed by atoms with E-state index in [0.29, 0.717) is 39.5 Å². The number of ether oxygens (including phenoxy) is 2. The van der Waals surface area contributed by atoms with Gasteiger partial charge in [-0.15, -0.1) is 10.2 Å². The molecule has 162 valence electrons. The minimum absolute atomic E-state index is 0.103. The molecular formula is C21H21ClN4O4S. The number of aromatic nitrogens is 3. The Morgan fingerprint density at radius 2 is 1.87 bits per heavy atom. The third kappa shape index (κ3) is 5.99. The van der Waals surface area contributed by atoms with Gasteiger partial charge in [0.2, 0.25) is 5.91 Å². The number of methoxy groups -OCH3 is 1. The Morgan fingerprint density at radius 1 is 1.13 bits per heavy atom. The number of thioether (sulfide) groups is 1. The van der Waals surface area contributed by atoms with Crippen LogP contribution in [-0.4, -0.2) is 39.5 Å². The van der Waals surface area contributed by atoms with Crippen molar-refractivity contribution in [3.8, 4) is 5.75 Å². The highest BCUT2D eigenvalue weighted by atomic mass is 35.5. The standard InChI is InChI=1S/C21H21ClN4O4S/c1-3-26-18(12-30-15-10-8-14(22)9-11-15)24-25-21(26)31-13-19(27)23-17-7-5-4-6-16(17)20(28)29-2/h4-11H,3,12-13H2,1-2H3,(H,23,27). The van der Waals surface area contributed by atoms with Gasteiger partial charge in [-0.25, -0.2) is 4.79 Å². The average Bonchev–Trinajstić information content (AvgIpc) is 3.19. The van der Waals surface area contributed by atoms with E-state index in [0.717, 1.165) is 0 Å². The van der Waals surface area contributed by atoms with E-state index < -0.39 is 5.97 Å². The monoisotopic (exact) mass is 460 g/mol. The first-order chi connectivity index (χ1) is 15.0. The Hall–Kier alpha value is -3.04. The molecule has 1 heterocycles. The van der Waals surface area contributed by atoms with Crippen molar-refractivity contribution in [1.82, 2.24) is 14.8 Å². The molecule has 0 aliphatic rings. The van der Waals surface area contributed by atoms with Gasteiger partial charge in [0.1, 0.15) is 12.4 Å². The molecule has 0 bridgehead atoms. The van der Waals surface area contributed by atoms with Gasteiger partial charge in [0, 0.05) is 11.6 Å². The van der Waals surface area contributed by atoms with Gasteiger partial charge in [0.05, 0.1) is 24.1 Å². The van der Waals surface area contributed by atoms with Gasteiger partial charge < -0.3 is 19.4 Å². The fourth-order valence-electron chi connectivity index (χ4n) is 2.73. The second kappa shape index (κ2) is 10.8. The first-order valence-corrected chi connectivity index (χ1v) is 10.8. The van der Waals surface area contributed by atoms with Crippen LogP contribution in [0.5, 0.6) is 5.75 Å². The summed E-state index contributed by atoms with van der Waals surface area (Å²) in [6, 6.07) is 13.7. The number of benzene rings is 2. The zero-order chi connectivity index (χ0) is 22.2. The Balaban J connectivity index is 1.60. The molecule has 0 spiro atoms. The number of hydrogen-bond donors (Lipinski definition) is 1. The minimum atomic E-state index is -0.514. The molecule has 0 saturated carbocycles. The lowest BCUT2D eigenvalue weighted by molar-refractivity contribution is -0.113. The molecular weight excluding hydrogens is 440 g/mol. The van der Waals surface area contributed by atoms with Crippen LogP contribution in [0.1, 0.15) is 23.1 Å². The lowest BCUT2D eigenvalue weighted by Crippen LogP contribution is -2.17. The van der Waals surface area contributed by atoms with Gasteiger partial charge >= 0.3 is 5.97 Å². The van der Waals surface area contributed by atoms with Crippen LogP contribution in [-0.2, 0) is 22.7 Å². The highest BCUT2D eigenvalue weighted by Gasteiger charge is 2.16. The van der Waals surface area contributed by atoms with Gasteiger partial charge in [0.15, 0.2) is 11.0 Å². The predicted octanol–water partition coefficient (Wildman–Crippen LogP) is 4.05. The van der Waals surface area contributed by atoms with Crippen LogP contribution in [0, 0.1) is 0 Å². The Morgan fingerprint density at radius 3 is 2.58 bits per heavy atom. The summed E-state index contributed by atoms with van der Waals surface area (Å²) in [5.74, 6) is 0.640. The number of hydrogen-bond acceptors (Lipinski definition) is 7. The molecule has 0 unspecified atom stereocenters. The quantitative estimate of drug-likeness (QED) is 0.380. The summed E-state index contributed by atoms with van der Waals surface area (Å²) in [5.41, 5.74) is 0.690. The van der Waals surface area contributed by atoms with Crippen LogP contribution < -0.4 is 10.1 Å². The van der Waals surface area contributed by atoms with Crippen molar-refractivity contribution in [1.29, 1.82) is 0 Å². The number of anilines is 1. The van der Waals surface area contributed by atoms with E-state index in [1.165, 1.54) is 18.9 Å². The molecule has 0 fully saturated rings. The molecule has 0 saturated heterocycles. The second-order valence-electron chi connectivity index (χ2n) is 6.26. The largest absolute Gasteiger partial charge is 0.486 e. The Kier molecular flexibility index (Phi) is 7.91. The summed E-state index contributed by atoms with van der Waals surface area (Å²) in [6.45, 7) is 2.83. The van der Waals surface area contributed by atoms with Crippen LogP contribution in [0.3, 0.4) is 0 Å². The molecule has 31 heavy (non-hydrogen) atoms. The molecule has 8 nitrogen and oxygen atoms in total. The van der Waals surface area contributed by atoms with Crippen molar-refractivity contribution in [3.63, 3.8) is 0 Å². The SMILES string of the molecule is CCn1c(COc2ccc(Cl)cc2)nnc1SCC(=O)Nc1ccccc1C(=O)OC. The first kappa shape index (κ1) is 22.6. The van der Waals surface area contributed by atoms with E-state index in [1.54, 1.807) is 48.5 Å². The molecule has 3 aromatic rings. The normalized spacial score (nSPS) is 10.5. The molecule has 0 aliphatic carbocycles. The van der Waals surface area contributed by atoms with Gasteiger partial charge in [-0.1, -0.05) is 35.5 Å². The van der Waals surface area contributed by atoms with Crippen molar-refractivity contribution in [2.45, 2.75) is 25.2 Å². The fourth-order valence-corrected chi connectivity index (χ4v) is 3.67. The number of carbonyl (C=O) groups excluding carboxylic acids is 2. The number of nitrogens with one attached hydrogen (secondary N) is 1. The summed E-state index contributed by atoms with van der Waals surface area (Å²) in [5, 5.41) is 12.3. The van der Waals surface area contributed by atoms with Gasteiger partial charge in [-0.05, 0) is 43.3 Å². The summed E-state index contributed by atoms with van der Waals surface area (Å²) in [6.07, 6.45) is 0. The highest BCUT2D eigenvalue weighted by Crippen LogP contribution is 2.21. The number of esters is 1. The van der Waals surface area contributed by atoms with E-state index in [-0.39, 0.29) is 18.3 Å². The van der Waals surface area contributed by atoms with Crippen LogP contribution in [0.2, 0.25) is 5.02 Å². The topological polar surface area (TPSA) is 95.3 Å². The zero-order valence-electron chi connectivity index (χ0n) is 17.0. The molecule has 3 rings (SSSR count). The lowest BCUT2D eigenvalue weighted by Gasteiger charge is -2.10. The van der Waals surface area contributed by atoms with Crippen molar-refractivity contribution < 1.29 is 19.1 Å². The lowest BCUT2D eigenvalue weighted by atomic mass is 10.2. The van der Waals surface area contributed by atoms with Gasteiger partial charge in [-0.2, -0.15) is 0 Å². The summed E-state index contributed by atoms with van der Waals surface area (Å²) in [7, 11) is 1.29. The first-order valence-electron chi connectivity index (χ1n) is 9.42. The summed E-state index contributed by atoms with van der Waals surface area (Å²) in [4.78, 5) is 24.3. The number of halogens is 1. The van der Waals surface area contributed by atoms with Crippen LogP contribution in [0.25, 0.3) is 0 Å². The van der Waals surface area contributed by atoms with Crippen LogP contribution >= 0.6 is 23.4 Å². The van der Waals surface area contributed by atoms with E-state index >= 15 is 0 Å². The summed E-state index contributed by atoms with van der Waals surface area (Å²) < 4.78 is 12.4. The number of rotatable bonds is 9. The maximum atomic E-state index is 12.4. The van der Waals surface area contributed by atoms with Gasteiger partial charge in [-0.3, -0.25) is 4.79 Å². The maximum absolute atomic E-state index is 12.4. The summed E-state index contributed by atoms with van der Waals surface area (Å²) >= 11 is 7.13. The second-order valence-corrected chi connectivity index (χ2v) is 7.64. The molecule has 1 amide bonds. The van der Waals surface area contributed by atoms with Crippen LogP contribution in [0.4, 0.5) is 5.69 Å². The van der Waals surface area contributed by atoms with Crippen molar-refractivity contribution >= 4 is 40.9 Å². The van der Waals surface area contributed by atoms with Crippen molar-refractivity contribution in [2.24, 2.45) is 0 Å². The zero-order valence-corrected chi connectivity index (χ0v) is 18.6.